The maximum absolute atomic E-state index is 11.9. The van der Waals surface area contributed by atoms with Crippen molar-refractivity contribution < 1.29 is 4.79 Å². The number of hydrogen-bond acceptors (Lipinski definition) is 3. The summed E-state index contributed by atoms with van der Waals surface area (Å²) in [6.07, 6.45) is 5.52. The predicted molar refractivity (Wildman–Crippen MR) is 86.5 cm³/mol. The van der Waals surface area contributed by atoms with E-state index in [1.165, 1.54) is 19.3 Å². The molecule has 0 saturated carbocycles. The Bertz CT molecular complexity index is 441. The minimum absolute atomic E-state index is 0.0208. The molecule has 110 valence electrons. The van der Waals surface area contributed by atoms with Crippen molar-refractivity contribution in [2.75, 3.05) is 23.3 Å². The topological polar surface area (TPSA) is 45.2 Å². The molecule has 4 nitrogen and oxygen atoms in total. The van der Waals surface area contributed by atoms with Gasteiger partial charge in [0.2, 0.25) is 5.91 Å². The standard InChI is InChI=1S/C15H22BrN3O/c1-11(2)14(16)15(20)18-12-6-7-13(17-10-12)19-8-4-3-5-9-19/h6-7,10-11,14H,3-5,8-9H2,1-2H3,(H,18,20). The fourth-order valence-electron chi connectivity index (χ4n) is 2.28. The van der Waals surface area contributed by atoms with Crippen LogP contribution in [0.3, 0.4) is 0 Å². The van der Waals surface area contributed by atoms with E-state index in [2.05, 4.69) is 31.1 Å². The van der Waals surface area contributed by atoms with E-state index in [0.29, 0.717) is 0 Å². The lowest BCUT2D eigenvalue weighted by molar-refractivity contribution is -0.116. The lowest BCUT2D eigenvalue weighted by Crippen LogP contribution is -2.30. The molecule has 1 aromatic heterocycles. The van der Waals surface area contributed by atoms with E-state index in [1.54, 1.807) is 6.20 Å². The Morgan fingerprint density at radius 1 is 1.30 bits per heavy atom. The van der Waals surface area contributed by atoms with Crippen molar-refractivity contribution in [1.82, 2.24) is 4.98 Å². The highest BCUT2D eigenvalue weighted by Crippen LogP contribution is 2.20. The summed E-state index contributed by atoms with van der Waals surface area (Å²) in [4.78, 5) is 18.5. The van der Waals surface area contributed by atoms with Crippen molar-refractivity contribution in [1.29, 1.82) is 0 Å². The highest BCUT2D eigenvalue weighted by Gasteiger charge is 2.19. The summed E-state index contributed by atoms with van der Waals surface area (Å²) in [5.41, 5.74) is 0.751. The molecule has 1 aliphatic rings. The number of hydrogen-bond donors (Lipinski definition) is 1. The van der Waals surface area contributed by atoms with E-state index >= 15 is 0 Å². The highest BCUT2D eigenvalue weighted by molar-refractivity contribution is 9.10. The Balaban J connectivity index is 1.96. The molecule has 5 heteroatoms. The van der Waals surface area contributed by atoms with Gasteiger partial charge in [0.05, 0.1) is 16.7 Å². The first-order valence-electron chi connectivity index (χ1n) is 7.24. The van der Waals surface area contributed by atoms with Crippen LogP contribution in [0.25, 0.3) is 0 Å². The molecule has 0 bridgehead atoms. The van der Waals surface area contributed by atoms with Gasteiger partial charge >= 0.3 is 0 Å². The fourth-order valence-corrected chi connectivity index (χ4v) is 2.40. The van der Waals surface area contributed by atoms with Gasteiger partial charge in [0.1, 0.15) is 5.82 Å². The third-order valence-electron chi connectivity index (χ3n) is 3.53. The number of anilines is 2. The Hall–Kier alpha value is -1.10. The Kier molecular flexibility index (Phi) is 5.40. The van der Waals surface area contributed by atoms with Crippen LogP contribution in [0, 0.1) is 5.92 Å². The van der Waals surface area contributed by atoms with Crippen molar-refractivity contribution in [2.24, 2.45) is 5.92 Å². The number of rotatable bonds is 4. The summed E-state index contributed by atoms with van der Waals surface area (Å²) in [7, 11) is 0. The summed E-state index contributed by atoms with van der Waals surface area (Å²) in [5, 5.41) is 2.89. The van der Waals surface area contributed by atoms with Crippen LogP contribution < -0.4 is 10.2 Å². The minimum Gasteiger partial charge on any atom is -0.357 e. The predicted octanol–water partition coefficient (Wildman–Crippen LogP) is 3.43. The average Bonchev–Trinajstić information content (AvgIpc) is 2.48. The number of nitrogens with one attached hydrogen (secondary N) is 1. The van der Waals surface area contributed by atoms with Gasteiger partial charge in [-0.3, -0.25) is 4.79 Å². The Morgan fingerprint density at radius 2 is 2.00 bits per heavy atom. The van der Waals surface area contributed by atoms with Gasteiger partial charge in [-0.2, -0.15) is 0 Å². The largest absolute Gasteiger partial charge is 0.357 e. The van der Waals surface area contributed by atoms with E-state index < -0.39 is 0 Å². The van der Waals surface area contributed by atoms with Gasteiger partial charge in [-0.05, 0) is 37.3 Å². The number of amides is 1. The van der Waals surface area contributed by atoms with Crippen molar-refractivity contribution in [3.8, 4) is 0 Å². The molecule has 0 aliphatic carbocycles. The third kappa shape index (κ3) is 3.95. The van der Waals surface area contributed by atoms with Crippen LogP contribution in [-0.2, 0) is 4.79 Å². The second-order valence-corrected chi connectivity index (χ2v) is 6.57. The molecule has 1 saturated heterocycles. The smallest absolute Gasteiger partial charge is 0.238 e. The summed E-state index contributed by atoms with van der Waals surface area (Å²) in [6.45, 7) is 6.18. The lowest BCUT2D eigenvalue weighted by Gasteiger charge is -2.27. The molecule has 20 heavy (non-hydrogen) atoms. The first-order valence-corrected chi connectivity index (χ1v) is 8.15. The Labute approximate surface area is 129 Å². The van der Waals surface area contributed by atoms with E-state index in [1.807, 2.05) is 26.0 Å². The molecule has 2 rings (SSSR count). The van der Waals surface area contributed by atoms with Crippen LogP contribution in [0.4, 0.5) is 11.5 Å². The number of piperidine rings is 1. The van der Waals surface area contributed by atoms with Gasteiger partial charge in [-0.15, -0.1) is 0 Å². The van der Waals surface area contributed by atoms with Crippen molar-refractivity contribution in [2.45, 2.75) is 37.9 Å². The zero-order chi connectivity index (χ0) is 14.5. The maximum atomic E-state index is 11.9. The van der Waals surface area contributed by atoms with Crippen LogP contribution in [0.15, 0.2) is 18.3 Å². The van der Waals surface area contributed by atoms with Gasteiger partial charge < -0.3 is 10.2 Å². The monoisotopic (exact) mass is 339 g/mol. The zero-order valence-electron chi connectivity index (χ0n) is 12.1. The quantitative estimate of drug-likeness (QED) is 0.854. The summed E-state index contributed by atoms with van der Waals surface area (Å²) >= 11 is 3.40. The molecule has 2 heterocycles. The molecule has 1 fully saturated rings. The molecule has 1 atom stereocenters. The SMILES string of the molecule is CC(C)C(Br)C(=O)Nc1ccc(N2CCCCC2)nc1. The molecule has 1 amide bonds. The molecular weight excluding hydrogens is 318 g/mol. The van der Waals surface area contributed by atoms with Crippen molar-refractivity contribution >= 4 is 33.3 Å². The average molecular weight is 340 g/mol. The second-order valence-electron chi connectivity index (χ2n) is 5.59. The number of pyridine rings is 1. The summed E-state index contributed by atoms with van der Waals surface area (Å²) in [6, 6.07) is 3.91. The summed E-state index contributed by atoms with van der Waals surface area (Å²) < 4.78 is 0. The molecule has 1 N–H and O–H groups in total. The van der Waals surface area contributed by atoms with Crippen LogP contribution in [0.2, 0.25) is 0 Å². The van der Waals surface area contributed by atoms with E-state index in [4.69, 9.17) is 0 Å². The second kappa shape index (κ2) is 7.07. The number of halogens is 1. The van der Waals surface area contributed by atoms with E-state index in [9.17, 15) is 4.79 Å². The maximum Gasteiger partial charge on any atom is 0.238 e. The van der Waals surface area contributed by atoms with Gasteiger partial charge in [0.25, 0.3) is 0 Å². The lowest BCUT2D eigenvalue weighted by atomic mass is 10.1. The molecular formula is C15H22BrN3O. The van der Waals surface area contributed by atoms with Gasteiger partial charge in [0.15, 0.2) is 0 Å². The minimum atomic E-state index is -0.177. The molecule has 0 spiro atoms. The van der Waals surface area contributed by atoms with Crippen molar-refractivity contribution in [3.63, 3.8) is 0 Å². The number of carbonyl (C=O) groups excluding carboxylic acids is 1. The zero-order valence-corrected chi connectivity index (χ0v) is 13.7. The number of aromatic nitrogens is 1. The van der Waals surface area contributed by atoms with Gasteiger partial charge in [-0.25, -0.2) is 4.98 Å². The van der Waals surface area contributed by atoms with Crippen LogP contribution in [0.5, 0.6) is 0 Å². The van der Waals surface area contributed by atoms with Crippen LogP contribution in [0.1, 0.15) is 33.1 Å². The summed E-state index contributed by atoms with van der Waals surface area (Å²) in [5.74, 6) is 1.24. The number of alkyl halides is 1. The first kappa shape index (κ1) is 15.3. The normalized spacial score (nSPS) is 17.1. The first-order chi connectivity index (χ1) is 9.58. The van der Waals surface area contributed by atoms with Crippen molar-refractivity contribution in [3.05, 3.63) is 18.3 Å². The van der Waals surface area contributed by atoms with Crippen LogP contribution in [-0.4, -0.2) is 28.8 Å². The van der Waals surface area contributed by atoms with Gasteiger partial charge in [-0.1, -0.05) is 29.8 Å². The fraction of sp³-hybridized carbons (Fsp3) is 0.600. The molecule has 0 radical (unpaired) electrons. The number of nitrogens with zero attached hydrogens (tertiary/aromatic N) is 2. The van der Waals surface area contributed by atoms with Gasteiger partial charge in [0, 0.05) is 13.1 Å². The Morgan fingerprint density at radius 3 is 2.55 bits per heavy atom. The molecule has 1 unspecified atom stereocenters. The molecule has 1 aromatic rings. The number of carbonyl (C=O) groups is 1. The van der Waals surface area contributed by atoms with E-state index in [-0.39, 0.29) is 16.7 Å². The highest BCUT2D eigenvalue weighted by atomic mass is 79.9. The third-order valence-corrected chi connectivity index (χ3v) is 5.00. The van der Waals surface area contributed by atoms with E-state index in [0.717, 1.165) is 24.6 Å². The molecule has 0 aromatic carbocycles. The molecule has 1 aliphatic heterocycles. The van der Waals surface area contributed by atoms with Crippen LogP contribution >= 0.6 is 15.9 Å².